The molecule has 2 atom stereocenters. The Balaban J connectivity index is 1.13. The number of H-pyrrole nitrogens is 1. The maximum absolute atomic E-state index is 13.9. The molecule has 7 rings (SSSR count). The van der Waals surface area contributed by atoms with Gasteiger partial charge in [0, 0.05) is 49.5 Å². The lowest BCUT2D eigenvalue weighted by Crippen LogP contribution is -2.51. The molecule has 11 nitrogen and oxygen atoms in total. The Bertz CT molecular complexity index is 2490. The van der Waals surface area contributed by atoms with Crippen LogP contribution in [0.3, 0.4) is 0 Å². The molecule has 4 aromatic carbocycles. The third kappa shape index (κ3) is 8.02. The SMILES string of the molecule is CCCc1nc2c(C)cc(-c3nc4ccccc4n3C)cc2n1Cc1ccc(-c2ccccc2C(=O)N[C@@H](CC(C)C)C(=O)N[C@H](C=O)Cc2cnc[nH]2)cc1. The van der Waals surface area contributed by atoms with Crippen LogP contribution in [-0.2, 0) is 36.0 Å². The number of aromatic amines is 1. The number of aromatic nitrogens is 6. The van der Waals surface area contributed by atoms with E-state index in [1.54, 1.807) is 12.3 Å². The lowest BCUT2D eigenvalue weighted by Gasteiger charge is -2.23. The summed E-state index contributed by atoms with van der Waals surface area (Å²) in [6.45, 7) is 8.90. The molecule has 0 fully saturated rings. The molecule has 286 valence electrons. The maximum atomic E-state index is 13.9. The van der Waals surface area contributed by atoms with Crippen LogP contribution in [0.5, 0.6) is 0 Å². The van der Waals surface area contributed by atoms with E-state index in [1.165, 1.54) is 6.33 Å². The molecule has 0 aliphatic heterocycles. The van der Waals surface area contributed by atoms with Crippen LogP contribution in [-0.4, -0.2) is 59.3 Å². The first kappa shape index (κ1) is 37.9. The van der Waals surface area contributed by atoms with Crippen molar-refractivity contribution in [1.29, 1.82) is 0 Å². The summed E-state index contributed by atoms with van der Waals surface area (Å²) in [7, 11) is 2.06. The number of nitrogens with zero attached hydrogens (tertiary/aromatic N) is 5. The summed E-state index contributed by atoms with van der Waals surface area (Å²) in [5, 5.41) is 5.77. The number of carbonyl (C=O) groups is 3. The fraction of sp³-hybridized carbons (Fsp3) is 0.289. The zero-order valence-electron chi connectivity index (χ0n) is 32.5. The third-order valence-electron chi connectivity index (χ3n) is 10.2. The number of benzene rings is 4. The van der Waals surface area contributed by atoms with Crippen molar-refractivity contribution >= 4 is 40.2 Å². The molecule has 0 aliphatic carbocycles. The highest BCUT2D eigenvalue weighted by molar-refractivity contribution is 6.03. The molecule has 0 saturated carbocycles. The minimum absolute atomic E-state index is 0.118. The second kappa shape index (κ2) is 16.6. The molecule has 0 spiro atoms. The second-order valence-electron chi connectivity index (χ2n) is 14.9. The van der Waals surface area contributed by atoms with Crippen molar-refractivity contribution in [2.75, 3.05) is 0 Å². The molecule has 0 unspecified atom stereocenters. The van der Waals surface area contributed by atoms with E-state index in [0.717, 1.165) is 80.1 Å². The van der Waals surface area contributed by atoms with Gasteiger partial charge in [-0.05, 0) is 78.3 Å². The molecule has 3 heterocycles. The number of carbonyl (C=O) groups excluding carboxylic acids is 3. The molecular formula is C45H48N8O3. The minimum Gasteiger partial charge on any atom is -0.348 e. The van der Waals surface area contributed by atoms with Crippen molar-refractivity contribution in [3.8, 4) is 22.5 Å². The number of nitrogens with one attached hydrogen (secondary N) is 3. The maximum Gasteiger partial charge on any atom is 0.252 e. The number of fused-ring (bicyclic) bond motifs is 2. The van der Waals surface area contributed by atoms with Crippen LogP contribution in [0.1, 0.15) is 66.6 Å². The number of hydrogen-bond acceptors (Lipinski definition) is 6. The first-order chi connectivity index (χ1) is 27.1. The lowest BCUT2D eigenvalue weighted by molar-refractivity contribution is -0.126. The Hall–Kier alpha value is -6.36. The van der Waals surface area contributed by atoms with Gasteiger partial charge in [-0.2, -0.15) is 0 Å². The first-order valence-electron chi connectivity index (χ1n) is 19.3. The summed E-state index contributed by atoms with van der Waals surface area (Å²) < 4.78 is 4.46. The highest BCUT2D eigenvalue weighted by atomic mass is 16.2. The molecule has 0 saturated heterocycles. The van der Waals surface area contributed by atoms with Crippen LogP contribution >= 0.6 is 0 Å². The highest BCUT2D eigenvalue weighted by Gasteiger charge is 2.26. The van der Waals surface area contributed by atoms with Gasteiger partial charge >= 0.3 is 0 Å². The topological polar surface area (TPSA) is 140 Å². The van der Waals surface area contributed by atoms with E-state index in [4.69, 9.17) is 9.97 Å². The van der Waals surface area contributed by atoms with Gasteiger partial charge in [-0.1, -0.05) is 75.4 Å². The lowest BCUT2D eigenvalue weighted by atomic mass is 9.97. The molecule has 2 amide bonds. The number of rotatable bonds is 15. The van der Waals surface area contributed by atoms with Crippen LogP contribution in [0.2, 0.25) is 0 Å². The third-order valence-corrected chi connectivity index (χ3v) is 10.2. The van der Waals surface area contributed by atoms with Gasteiger partial charge in [0.05, 0.1) is 34.4 Å². The zero-order chi connectivity index (χ0) is 39.3. The highest BCUT2D eigenvalue weighted by Crippen LogP contribution is 2.31. The van der Waals surface area contributed by atoms with E-state index < -0.39 is 18.0 Å². The van der Waals surface area contributed by atoms with Crippen molar-refractivity contribution in [3.63, 3.8) is 0 Å². The van der Waals surface area contributed by atoms with Gasteiger partial charge in [0.15, 0.2) is 0 Å². The van der Waals surface area contributed by atoms with Gasteiger partial charge in [0.1, 0.15) is 24.0 Å². The standard InChI is InChI=1S/C45H48N8O3/c1-6-11-41-51-42-29(4)21-32(43-49-37-14-9-10-15-39(37)52(43)5)22-40(42)53(41)25-30-16-18-31(19-17-30)35-12-7-8-13-36(35)44(55)50-38(20-28(2)3)45(56)48-34(26-54)23-33-24-46-27-47-33/h7-10,12-19,21-22,24,26-28,34,38H,6,11,20,23,25H2,1-5H3,(H,46,47)(H,48,56)(H,50,55)/t34-,38-/m0/s1. The van der Waals surface area contributed by atoms with E-state index in [0.29, 0.717) is 24.8 Å². The van der Waals surface area contributed by atoms with Crippen LogP contribution in [0.25, 0.3) is 44.6 Å². The molecule has 3 N–H and O–H groups in total. The smallest absolute Gasteiger partial charge is 0.252 e. The summed E-state index contributed by atoms with van der Waals surface area (Å²) in [5.74, 6) is 1.31. The summed E-state index contributed by atoms with van der Waals surface area (Å²) >= 11 is 0. The number of hydrogen-bond donors (Lipinski definition) is 3. The number of imidazole rings is 3. The van der Waals surface area contributed by atoms with E-state index in [1.807, 2.05) is 62.4 Å². The predicted molar refractivity (Wildman–Crippen MR) is 220 cm³/mol. The average molecular weight is 749 g/mol. The molecule has 7 aromatic rings. The summed E-state index contributed by atoms with van der Waals surface area (Å²) in [6, 6.07) is 26.7. The Kier molecular flexibility index (Phi) is 11.2. The fourth-order valence-corrected chi connectivity index (χ4v) is 7.46. The van der Waals surface area contributed by atoms with Crippen molar-refractivity contribution in [1.82, 2.24) is 39.7 Å². The second-order valence-corrected chi connectivity index (χ2v) is 14.9. The van der Waals surface area contributed by atoms with E-state index in [-0.39, 0.29) is 18.2 Å². The number of aldehydes is 1. The van der Waals surface area contributed by atoms with Crippen molar-refractivity contribution in [3.05, 3.63) is 126 Å². The molecule has 56 heavy (non-hydrogen) atoms. The Labute approximate surface area is 326 Å². The molecule has 0 radical (unpaired) electrons. The largest absolute Gasteiger partial charge is 0.348 e. The van der Waals surface area contributed by atoms with E-state index >= 15 is 0 Å². The van der Waals surface area contributed by atoms with Crippen molar-refractivity contribution in [2.24, 2.45) is 13.0 Å². The summed E-state index contributed by atoms with van der Waals surface area (Å²) in [4.78, 5) is 56.2. The molecule has 3 aromatic heterocycles. The monoisotopic (exact) mass is 748 g/mol. The van der Waals surface area contributed by atoms with Gasteiger partial charge in [-0.15, -0.1) is 0 Å². The zero-order valence-corrected chi connectivity index (χ0v) is 32.5. The number of amides is 2. The number of para-hydroxylation sites is 2. The molecular weight excluding hydrogens is 701 g/mol. The van der Waals surface area contributed by atoms with Gasteiger partial charge in [-0.3, -0.25) is 9.59 Å². The quantitative estimate of drug-likeness (QED) is 0.0937. The van der Waals surface area contributed by atoms with Crippen LogP contribution < -0.4 is 10.6 Å². The fourth-order valence-electron chi connectivity index (χ4n) is 7.46. The summed E-state index contributed by atoms with van der Waals surface area (Å²) in [5.41, 5.74) is 10.2. The van der Waals surface area contributed by atoms with Crippen molar-refractivity contribution < 1.29 is 14.4 Å². The minimum atomic E-state index is -0.829. The van der Waals surface area contributed by atoms with Gasteiger partial charge in [0.25, 0.3) is 5.91 Å². The van der Waals surface area contributed by atoms with E-state index in [2.05, 4.69) is 81.0 Å². The van der Waals surface area contributed by atoms with Crippen LogP contribution in [0.4, 0.5) is 0 Å². The predicted octanol–water partition coefficient (Wildman–Crippen LogP) is 7.36. The molecule has 0 aliphatic rings. The van der Waals surface area contributed by atoms with E-state index in [9.17, 15) is 14.4 Å². The Morgan fingerprint density at radius 1 is 0.911 bits per heavy atom. The van der Waals surface area contributed by atoms with Gasteiger partial charge in [-0.25, -0.2) is 15.0 Å². The van der Waals surface area contributed by atoms with Gasteiger partial charge in [0.2, 0.25) is 5.91 Å². The summed E-state index contributed by atoms with van der Waals surface area (Å²) in [6.07, 6.45) is 6.35. The molecule has 0 bridgehead atoms. The van der Waals surface area contributed by atoms with Crippen LogP contribution in [0.15, 0.2) is 97.5 Å². The van der Waals surface area contributed by atoms with Crippen LogP contribution in [0, 0.1) is 12.8 Å². The van der Waals surface area contributed by atoms with Crippen molar-refractivity contribution in [2.45, 2.75) is 72.0 Å². The Morgan fingerprint density at radius 2 is 1.68 bits per heavy atom. The first-order valence-corrected chi connectivity index (χ1v) is 19.3. The number of aryl methyl sites for hydroxylation is 3. The average Bonchev–Trinajstić information content (AvgIpc) is 3.93. The molecule has 11 heteroatoms. The van der Waals surface area contributed by atoms with Gasteiger partial charge < -0.3 is 29.5 Å². The Morgan fingerprint density at radius 3 is 2.39 bits per heavy atom. The normalized spacial score (nSPS) is 12.6.